The fourth-order valence-electron chi connectivity index (χ4n) is 5.33. The van der Waals surface area contributed by atoms with E-state index < -0.39 is 17.8 Å². The summed E-state index contributed by atoms with van der Waals surface area (Å²) < 4.78 is 15.8. The SMILES string of the molecule is CC(=O)c1cn(CC(=O)N2[C@@H]3CC3C[C@H]2C(=O)CCc2cccc(Cl)c2F)c2cc(C(=O)O)ccc12. The van der Waals surface area contributed by atoms with Crippen molar-refractivity contribution in [3.05, 3.63) is 70.1 Å². The Morgan fingerprint density at radius 1 is 1.14 bits per heavy atom. The van der Waals surface area contributed by atoms with Gasteiger partial charge in [0.25, 0.3) is 0 Å². The summed E-state index contributed by atoms with van der Waals surface area (Å²) >= 11 is 5.84. The van der Waals surface area contributed by atoms with Crippen LogP contribution in [0.25, 0.3) is 10.9 Å². The Kier molecular flexibility index (Phi) is 6.16. The molecular formula is C27H24ClFN2O5. The van der Waals surface area contributed by atoms with Gasteiger partial charge < -0.3 is 14.6 Å². The van der Waals surface area contributed by atoms with Crippen LogP contribution in [0.5, 0.6) is 0 Å². The molecule has 2 heterocycles. The van der Waals surface area contributed by atoms with Crippen molar-refractivity contribution >= 4 is 45.9 Å². The predicted molar refractivity (Wildman–Crippen MR) is 131 cm³/mol. The molecule has 2 aliphatic rings. The Labute approximate surface area is 211 Å². The van der Waals surface area contributed by atoms with E-state index in [9.17, 15) is 28.7 Å². The van der Waals surface area contributed by atoms with Crippen LogP contribution in [0, 0.1) is 11.7 Å². The molecule has 2 aromatic carbocycles. The standard InChI is InChI=1S/C27H24ClFN2O5/c1-14(32)19-12-30(22-9-16(27(35)36)5-7-18(19)22)13-25(34)31-21-10-17(21)11-23(31)24(33)8-6-15-3-2-4-20(28)26(15)29/h2-5,7,9,12,17,21,23H,6,8,10-11,13H2,1H3,(H,35,36)/t17?,21-,23+/m1/s1. The Hall–Kier alpha value is -3.52. The van der Waals surface area contributed by atoms with Crippen LogP contribution in [0.1, 0.15) is 52.5 Å². The van der Waals surface area contributed by atoms with Crippen molar-refractivity contribution in [2.75, 3.05) is 0 Å². The maximum atomic E-state index is 14.2. The van der Waals surface area contributed by atoms with Gasteiger partial charge in [-0.1, -0.05) is 29.8 Å². The normalized spacial score (nSPS) is 20.4. The lowest BCUT2D eigenvalue weighted by atomic mass is 10.00. The molecule has 7 nitrogen and oxygen atoms in total. The molecule has 9 heteroatoms. The van der Waals surface area contributed by atoms with E-state index in [0.29, 0.717) is 28.5 Å². The molecule has 5 rings (SSSR count). The second kappa shape index (κ2) is 9.17. The number of hydrogen-bond acceptors (Lipinski definition) is 4. The van der Waals surface area contributed by atoms with Gasteiger partial charge in [0, 0.05) is 29.6 Å². The van der Waals surface area contributed by atoms with E-state index in [1.165, 1.54) is 25.1 Å². The summed E-state index contributed by atoms with van der Waals surface area (Å²) in [5.74, 6) is -1.94. The number of carbonyl (C=O) groups is 4. The molecule has 1 aliphatic heterocycles. The topological polar surface area (TPSA) is 96.7 Å². The zero-order chi connectivity index (χ0) is 25.7. The maximum Gasteiger partial charge on any atom is 0.335 e. The van der Waals surface area contributed by atoms with Crippen molar-refractivity contribution in [3.63, 3.8) is 0 Å². The van der Waals surface area contributed by atoms with Crippen LogP contribution in [-0.2, 0) is 22.6 Å². The lowest BCUT2D eigenvalue weighted by molar-refractivity contribution is -0.139. The zero-order valence-corrected chi connectivity index (χ0v) is 20.3. The predicted octanol–water partition coefficient (Wildman–Crippen LogP) is 4.53. The zero-order valence-electron chi connectivity index (χ0n) is 19.5. The number of hydrogen-bond donors (Lipinski definition) is 1. The number of amides is 1. The van der Waals surface area contributed by atoms with Gasteiger partial charge in [-0.15, -0.1) is 0 Å². The highest BCUT2D eigenvalue weighted by Gasteiger charge is 2.55. The molecule has 36 heavy (non-hydrogen) atoms. The first-order valence-electron chi connectivity index (χ1n) is 11.8. The molecule has 1 unspecified atom stereocenters. The van der Waals surface area contributed by atoms with Crippen LogP contribution in [0.4, 0.5) is 4.39 Å². The molecule has 1 saturated heterocycles. The first-order chi connectivity index (χ1) is 17.2. The maximum absolute atomic E-state index is 14.2. The van der Waals surface area contributed by atoms with Gasteiger partial charge in [-0.05, 0) is 55.9 Å². The van der Waals surface area contributed by atoms with E-state index in [0.717, 1.165) is 6.42 Å². The highest BCUT2D eigenvalue weighted by molar-refractivity contribution is 6.30. The third kappa shape index (κ3) is 4.30. The summed E-state index contributed by atoms with van der Waals surface area (Å²) in [4.78, 5) is 51.8. The highest BCUT2D eigenvalue weighted by Crippen LogP contribution is 2.48. The molecule has 0 radical (unpaired) electrons. The minimum Gasteiger partial charge on any atom is -0.478 e. The minimum absolute atomic E-state index is 0.00181. The first-order valence-corrected chi connectivity index (χ1v) is 12.2. The molecule has 186 valence electrons. The van der Waals surface area contributed by atoms with Gasteiger partial charge in [-0.25, -0.2) is 9.18 Å². The summed E-state index contributed by atoms with van der Waals surface area (Å²) in [6, 6.07) is 8.56. The van der Waals surface area contributed by atoms with Gasteiger partial charge in [0.15, 0.2) is 11.6 Å². The van der Waals surface area contributed by atoms with Gasteiger partial charge in [0.2, 0.25) is 5.91 Å². The van der Waals surface area contributed by atoms with Crippen molar-refractivity contribution in [1.29, 1.82) is 0 Å². The van der Waals surface area contributed by atoms with Gasteiger partial charge >= 0.3 is 5.97 Å². The van der Waals surface area contributed by atoms with Crippen molar-refractivity contribution in [2.24, 2.45) is 5.92 Å². The fraction of sp³-hybridized carbons (Fsp3) is 0.333. The molecule has 1 amide bonds. The Bertz CT molecular complexity index is 1430. The van der Waals surface area contributed by atoms with Crippen LogP contribution in [-0.4, -0.2) is 50.1 Å². The van der Waals surface area contributed by atoms with Crippen LogP contribution >= 0.6 is 11.6 Å². The molecule has 1 saturated carbocycles. The number of rotatable bonds is 8. The first kappa shape index (κ1) is 24.2. The van der Waals surface area contributed by atoms with Gasteiger partial charge in [0.1, 0.15) is 12.4 Å². The van der Waals surface area contributed by atoms with E-state index in [2.05, 4.69) is 0 Å². The molecule has 2 fully saturated rings. The third-order valence-electron chi connectivity index (χ3n) is 7.25. The largest absolute Gasteiger partial charge is 0.478 e. The van der Waals surface area contributed by atoms with Crippen LogP contribution in [0.3, 0.4) is 0 Å². The number of aryl methyl sites for hydroxylation is 1. The lowest BCUT2D eigenvalue weighted by Crippen LogP contribution is -2.44. The Morgan fingerprint density at radius 2 is 1.92 bits per heavy atom. The number of aromatic carboxylic acids is 1. The number of benzene rings is 2. The van der Waals surface area contributed by atoms with Gasteiger partial charge in [0.05, 0.1) is 22.1 Å². The molecule has 1 aromatic heterocycles. The summed E-state index contributed by atoms with van der Waals surface area (Å²) in [7, 11) is 0. The highest BCUT2D eigenvalue weighted by atomic mass is 35.5. The summed E-state index contributed by atoms with van der Waals surface area (Å²) in [6.07, 6.45) is 3.28. The molecule has 3 atom stereocenters. The van der Waals surface area contributed by atoms with Crippen molar-refractivity contribution in [2.45, 2.75) is 51.2 Å². The van der Waals surface area contributed by atoms with Gasteiger partial charge in [-0.3, -0.25) is 14.4 Å². The van der Waals surface area contributed by atoms with Crippen LogP contribution in [0.2, 0.25) is 5.02 Å². The number of carboxylic acid groups (broad SMARTS) is 1. The monoisotopic (exact) mass is 510 g/mol. The van der Waals surface area contributed by atoms with Gasteiger partial charge in [-0.2, -0.15) is 0 Å². The number of ketones is 2. The molecule has 0 bridgehead atoms. The lowest BCUT2D eigenvalue weighted by Gasteiger charge is -2.27. The van der Waals surface area contributed by atoms with E-state index >= 15 is 0 Å². The molecular weight excluding hydrogens is 487 g/mol. The van der Waals surface area contributed by atoms with E-state index in [4.69, 9.17) is 11.6 Å². The average Bonchev–Trinajstić information content (AvgIpc) is 3.35. The number of Topliss-reactive ketones (excluding diaryl/α,β-unsaturated/α-hetero) is 2. The smallest absolute Gasteiger partial charge is 0.335 e. The summed E-state index contributed by atoms with van der Waals surface area (Å²) in [5.41, 5.74) is 1.28. The Morgan fingerprint density at radius 3 is 2.64 bits per heavy atom. The van der Waals surface area contributed by atoms with E-state index in [-0.39, 0.29) is 59.4 Å². The number of likely N-dealkylation sites (tertiary alicyclic amines) is 1. The van der Waals surface area contributed by atoms with E-state index in [1.54, 1.807) is 33.9 Å². The number of nitrogens with zero attached hydrogens (tertiary/aromatic N) is 2. The number of piperidine rings is 1. The quantitative estimate of drug-likeness (QED) is 0.449. The summed E-state index contributed by atoms with van der Waals surface area (Å²) in [5, 5.41) is 9.97. The molecule has 3 aromatic rings. The number of aromatic nitrogens is 1. The van der Waals surface area contributed by atoms with Crippen molar-refractivity contribution in [1.82, 2.24) is 9.47 Å². The number of carbonyl (C=O) groups excluding carboxylic acids is 3. The number of halogens is 2. The fourth-order valence-corrected chi connectivity index (χ4v) is 5.53. The summed E-state index contributed by atoms with van der Waals surface area (Å²) in [6.45, 7) is 1.29. The van der Waals surface area contributed by atoms with Crippen molar-refractivity contribution < 1.29 is 28.7 Å². The van der Waals surface area contributed by atoms with E-state index in [1.807, 2.05) is 0 Å². The second-order valence-corrected chi connectivity index (χ2v) is 9.97. The number of fused-ring (bicyclic) bond motifs is 2. The third-order valence-corrected chi connectivity index (χ3v) is 7.54. The van der Waals surface area contributed by atoms with Crippen molar-refractivity contribution in [3.8, 4) is 0 Å². The molecule has 1 aliphatic carbocycles. The minimum atomic E-state index is -1.11. The molecule has 0 spiro atoms. The second-order valence-electron chi connectivity index (χ2n) is 9.56. The van der Waals surface area contributed by atoms with Crippen LogP contribution < -0.4 is 0 Å². The Balaban J connectivity index is 1.37. The van der Waals surface area contributed by atoms with Crippen LogP contribution in [0.15, 0.2) is 42.6 Å². The average molecular weight is 511 g/mol. The number of carboxylic acids is 1. The molecule has 1 N–H and O–H groups in total.